The van der Waals surface area contributed by atoms with Gasteiger partial charge in [0.05, 0.1) is 0 Å². The highest BCUT2D eigenvalue weighted by Crippen LogP contribution is 2.24. The Kier molecular flexibility index (Phi) is 9.29. The molecule has 2 rings (SSSR count). The molecule has 0 aromatic carbocycles. The molecule has 0 bridgehead atoms. The first-order valence-electron chi connectivity index (χ1n) is 8.23. The fraction of sp³-hybridized carbons (Fsp3) is 0.765. The topological polar surface area (TPSA) is 15.7 Å². The molecule has 122 valence electrons. The minimum Gasteiger partial charge on any atom is -0.491 e. The van der Waals surface area contributed by atoms with E-state index in [-0.39, 0.29) is 0 Å². The number of hydrogen-bond donors (Lipinski definition) is 0. The summed E-state index contributed by atoms with van der Waals surface area (Å²) in [5.74, 6) is 1.02. The molecule has 0 saturated carbocycles. The Hall–Kier alpha value is -0.320. The molecule has 3 nitrogen and oxygen atoms in total. The average molecular weight is 359 g/mol. The van der Waals surface area contributed by atoms with Crippen molar-refractivity contribution in [3.8, 4) is 0 Å². The number of halogens is 1. The Morgan fingerprint density at radius 3 is 2.62 bits per heavy atom. The quantitative estimate of drug-likeness (QED) is 0.738. The van der Waals surface area contributed by atoms with E-state index in [1.807, 2.05) is 13.8 Å². The summed E-state index contributed by atoms with van der Waals surface area (Å²) in [5.41, 5.74) is 0. The van der Waals surface area contributed by atoms with Crippen LogP contribution in [0.2, 0.25) is 0 Å². The van der Waals surface area contributed by atoms with Gasteiger partial charge in [-0.05, 0) is 58.9 Å². The number of hydrogen-bond acceptors (Lipinski definition) is 3. The van der Waals surface area contributed by atoms with Gasteiger partial charge in [0.25, 0.3) is 0 Å². The molecule has 4 heteroatoms. The molecule has 1 fully saturated rings. The minimum atomic E-state index is 0.721. The number of allylic oxidation sites excluding steroid dienone is 3. The van der Waals surface area contributed by atoms with Gasteiger partial charge in [-0.25, -0.2) is 0 Å². The summed E-state index contributed by atoms with van der Waals surface area (Å²) in [6, 6.07) is 0.721. The maximum absolute atomic E-state index is 5.87. The van der Waals surface area contributed by atoms with Crippen molar-refractivity contribution in [1.29, 1.82) is 0 Å². The Balaban J connectivity index is 0.00000106. The number of ether oxygens (including phenoxy) is 1. The first kappa shape index (κ1) is 18.7. The summed E-state index contributed by atoms with van der Waals surface area (Å²) in [5, 5.41) is 0. The monoisotopic (exact) mass is 358 g/mol. The third-order valence-electron chi connectivity index (χ3n) is 4.08. The van der Waals surface area contributed by atoms with Gasteiger partial charge in [0, 0.05) is 17.1 Å². The second-order valence-corrected chi connectivity index (χ2v) is 6.53. The molecule has 0 spiro atoms. The van der Waals surface area contributed by atoms with E-state index in [0.29, 0.717) is 0 Å². The van der Waals surface area contributed by atoms with Crippen LogP contribution in [0.5, 0.6) is 0 Å². The van der Waals surface area contributed by atoms with Gasteiger partial charge >= 0.3 is 0 Å². The number of nitrogens with zero attached hydrogens (tertiary/aromatic N) is 2. The largest absolute Gasteiger partial charge is 0.491 e. The van der Waals surface area contributed by atoms with Crippen LogP contribution in [-0.4, -0.2) is 56.2 Å². The maximum Gasteiger partial charge on any atom is 0.129 e. The van der Waals surface area contributed by atoms with Crippen LogP contribution in [0.4, 0.5) is 0 Å². The van der Waals surface area contributed by atoms with Gasteiger partial charge in [0.1, 0.15) is 12.4 Å². The fourth-order valence-electron chi connectivity index (χ4n) is 2.66. The van der Waals surface area contributed by atoms with Gasteiger partial charge in [-0.3, -0.25) is 4.90 Å². The zero-order valence-electron chi connectivity index (χ0n) is 14.1. The van der Waals surface area contributed by atoms with Crippen molar-refractivity contribution in [2.24, 2.45) is 0 Å². The minimum absolute atomic E-state index is 0.721. The molecule has 0 radical (unpaired) electrons. The molecule has 1 saturated heterocycles. The fourth-order valence-corrected chi connectivity index (χ4v) is 3.13. The summed E-state index contributed by atoms with van der Waals surface area (Å²) in [4.78, 5) is 4.86. The molecule has 0 amide bonds. The molecular weight excluding hydrogens is 328 g/mol. The van der Waals surface area contributed by atoms with Crippen LogP contribution in [0.15, 0.2) is 22.4 Å². The number of likely N-dealkylation sites (N-methyl/N-ethyl adjacent to an activating group) is 1. The lowest BCUT2D eigenvalue weighted by molar-refractivity contribution is 0.111. The highest BCUT2D eigenvalue weighted by Gasteiger charge is 2.20. The van der Waals surface area contributed by atoms with Crippen LogP contribution in [0, 0.1) is 0 Å². The van der Waals surface area contributed by atoms with Crippen LogP contribution in [0.25, 0.3) is 0 Å². The lowest BCUT2D eigenvalue weighted by Crippen LogP contribution is -2.42. The molecule has 1 aliphatic heterocycles. The van der Waals surface area contributed by atoms with Crippen molar-refractivity contribution >= 4 is 15.9 Å². The standard InChI is InChI=1S/C15H25BrN2O.C2H6/c1-17-9-7-13(8-10-17)18(2)11-12-19-15-6-4-3-5-14(15)16;1-2/h4,6,13H,3,5,7-12H2,1-2H3;1-2H3. The van der Waals surface area contributed by atoms with Crippen LogP contribution in [0.1, 0.15) is 39.5 Å². The van der Waals surface area contributed by atoms with Crippen molar-refractivity contribution in [1.82, 2.24) is 9.80 Å². The molecule has 0 unspecified atom stereocenters. The lowest BCUT2D eigenvalue weighted by Gasteiger charge is -2.35. The summed E-state index contributed by atoms with van der Waals surface area (Å²) in [7, 11) is 4.43. The molecule has 1 heterocycles. The Morgan fingerprint density at radius 1 is 1.33 bits per heavy atom. The number of piperidine rings is 1. The third kappa shape index (κ3) is 6.54. The summed E-state index contributed by atoms with van der Waals surface area (Å²) < 4.78 is 7.08. The molecule has 21 heavy (non-hydrogen) atoms. The van der Waals surface area contributed by atoms with Gasteiger partial charge in [-0.15, -0.1) is 0 Å². The van der Waals surface area contributed by atoms with Crippen molar-refractivity contribution in [3.05, 3.63) is 22.4 Å². The predicted molar refractivity (Wildman–Crippen MR) is 94.8 cm³/mol. The summed E-state index contributed by atoms with van der Waals surface area (Å²) in [6.07, 6.45) is 9.00. The smallest absolute Gasteiger partial charge is 0.129 e. The highest BCUT2D eigenvalue weighted by molar-refractivity contribution is 9.11. The van der Waals surface area contributed by atoms with E-state index in [9.17, 15) is 0 Å². The highest BCUT2D eigenvalue weighted by atomic mass is 79.9. The average Bonchev–Trinajstić information content (AvgIpc) is 2.52. The Bertz CT molecular complexity index is 347. The number of rotatable bonds is 5. The Morgan fingerprint density at radius 2 is 2.00 bits per heavy atom. The van der Waals surface area contributed by atoms with Crippen molar-refractivity contribution in [3.63, 3.8) is 0 Å². The van der Waals surface area contributed by atoms with E-state index in [2.05, 4.69) is 52.0 Å². The predicted octanol–water partition coefficient (Wildman–Crippen LogP) is 4.01. The van der Waals surface area contributed by atoms with Gasteiger partial charge in [0.15, 0.2) is 0 Å². The molecule has 2 aliphatic rings. The molecular formula is C17H31BrN2O. The van der Waals surface area contributed by atoms with Crippen LogP contribution in [-0.2, 0) is 4.74 Å². The van der Waals surface area contributed by atoms with E-state index in [4.69, 9.17) is 4.74 Å². The maximum atomic E-state index is 5.87. The SMILES string of the molecule is CC.CN1CCC(N(C)CCOC2=C(Br)CCC=C2)CC1. The number of likely N-dealkylation sites (tertiary alicyclic amines) is 1. The van der Waals surface area contributed by atoms with Gasteiger partial charge in [-0.2, -0.15) is 0 Å². The molecule has 0 N–H and O–H groups in total. The second kappa shape index (κ2) is 10.4. The van der Waals surface area contributed by atoms with Crippen LogP contribution in [0.3, 0.4) is 0 Å². The van der Waals surface area contributed by atoms with Gasteiger partial charge < -0.3 is 9.64 Å². The van der Waals surface area contributed by atoms with E-state index < -0.39 is 0 Å². The first-order chi connectivity index (χ1) is 10.2. The Labute approximate surface area is 139 Å². The molecule has 0 aromatic rings. The normalized spacial score (nSPS) is 20.5. The lowest BCUT2D eigenvalue weighted by atomic mass is 10.0. The van der Waals surface area contributed by atoms with Gasteiger partial charge in [-0.1, -0.05) is 35.9 Å². The van der Waals surface area contributed by atoms with E-state index >= 15 is 0 Å². The summed E-state index contributed by atoms with van der Waals surface area (Å²) in [6.45, 7) is 8.22. The molecule has 1 aliphatic carbocycles. The van der Waals surface area contributed by atoms with E-state index in [0.717, 1.165) is 37.8 Å². The van der Waals surface area contributed by atoms with Gasteiger partial charge in [0.2, 0.25) is 0 Å². The zero-order valence-corrected chi connectivity index (χ0v) is 15.7. The van der Waals surface area contributed by atoms with Crippen molar-refractivity contribution in [2.75, 3.05) is 40.3 Å². The van der Waals surface area contributed by atoms with Crippen molar-refractivity contribution < 1.29 is 4.74 Å². The van der Waals surface area contributed by atoms with Crippen LogP contribution >= 0.6 is 15.9 Å². The van der Waals surface area contributed by atoms with E-state index in [1.54, 1.807) is 0 Å². The van der Waals surface area contributed by atoms with Crippen LogP contribution < -0.4 is 0 Å². The van der Waals surface area contributed by atoms with Crippen molar-refractivity contribution in [2.45, 2.75) is 45.6 Å². The first-order valence-corrected chi connectivity index (χ1v) is 9.03. The van der Waals surface area contributed by atoms with E-state index in [1.165, 1.54) is 30.4 Å². The second-order valence-electron chi connectivity index (χ2n) is 5.57. The third-order valence-corrected chi connectivity index (χ3v) is 4.87. The molecule has 0 atom stereocenters. The zero-order chi connectivity index (χ0) is 15.7. The summed E-state index contributed by atoms with van der Waals surface area (Å²) >= 11 is 3.59. The molecule has 0 aromatic heterocycles.